The first-order valence-electron chi connectivity index (χ1n) is 18.0. The molecule has 6 aromatic carbocycles. The van der Waals surface area contributed by atoms with Crippen LogP contribution in [0.4, 0.5) is 0 Å². The summed E-state index contributed by atoms with van der Waals surface area (Å²) in [5, 5.41) is 0. The van der Waals surface area contributed by atoms with Crippen LogP contribution in [0.3, 0.4) is 0 Å². The third-order valence-corrected chi connectivity index (χ3v) is 10.9. The Bertz CT molecular complexity index is 2640. The molecule has 8 aromatic rings. The monoisotopic (exact) mass is 682 g/mol. The second kappa shape index (κ2) is 11.9. The van der Waals surface area contributed by atoms with Crippen molar-refractivity contribution in [3.05, 3.63) is 203 Å². The molecule has 0 bridgehead atoms. The number of ether oxygens (including phenoxy) is 1. The molecule has 0 saturated heterocycles. The summed E-state index contributed by atoms with van der Waals surface area (Å²) in [5.41, 5.74) is 10.9. The van der Waals surface area contributed by atoms with Crippen molar-refractivity contribution in [3.8, 4) is 56.9 Å². The van der Waals surface area contributed by atoms with Crippen LogP contribution in [0.1, 0.15) is 47.2 Å². The first kappa shape index (κ1) is 31.1. The van der Waals surface area contributed by atoms with Gasteiger partial charge in [0.15, 0.2) is 17.5 Å². The van der Waals surface area contributed by atoms with Crippen molar-refractivity contribution in [1.29, 1.82) is 0 Å². The molecule has 10 rings (SSSR count). The molecule has 5 heteroatoms. The summed E-state index contributed by atoms with van der Waals surface area (Å²) in [7, 11) is 0. The van der Waals surface area contributed by atoms with E-state index in [9.17, 15) is 0 Å². The Kier molecular flexibility index (Phi) is 6.99. The van der Waals surface area contributed by atoms with E-state index >= 15 is 0 Å². The molecular formula is C48H34N4O. The molecule has 0 fully saturated rings. The Morgan fingerprint density at radius 2 is 0.981 bits per heavy atom. The van der Waals surface area contributed by atoms with Crippen molar-refractivity contribution < 1.29 is 4.74 Å². The minimum atomic E-state index is -0.641. The predicted octanol–water partition coefficient (Wildman–Crippen LogP) is 11.1. The first-order chi connectivity index (χ1) is 26.0. The van der Waals surface area contributed by atoms with Gasteiger partial charge < -0.3 is 4.74 Å². The van der Waals surface area contributed by atoms with Crippen molar-refractivity contribution in [1.82, 2.24) is 19.9 Å². The molecule has 252 valence electrons. The molecule has 1 spiro atoms. The fourth-order valence-electron chi connectivity index (χ4n) is 8.51. The lowest BCUT2D eigenvalue weighted by atomic mass is 9.53. The minimum Gasteiger partial charge on any atom is -0.456 e. The topological polar surface area (TPSA) is 60.8 Å². The number of pyridine rings is 1. The van der Waals surface area contributed by atoms with E-state index in [0.717, 1.165) is 50.6 Å². The SMILES string of the molecule is CC1(C)c2ccccc2C2(c3ccccc3Oc3c(-c4nc(-c5ccccc5)nc(-c5cccc(-c6ccccn6)c5)n4)cccc32)c2ccccc21. The third-order valence-electron chi connectivity index (χ3n) is 10.9. The van der Waals surface area contributed by atoms with Crippen LogP contribution in [-0.2, 0) is 10.8 Å². The molecule has 0 unspecified atom stereocenters. The lowest BCUT2D eigenvalue weighted by Gasteiger charge is -2.50. The zero-order chi connectivity index (χ0) is 35.6. The smallest absolute Gasteiger partial charge is 0.167 e. The molecule has 2 aliphatic rings. The maximum Gasteiger partial charge on any atom is 0.167 e. The van der Waals surface area contributed by atoms with Crippen molar-refractivity contribution in [2.45, 2.75) is 24.7 Å². The van der Waals surface area contributed by atoms with Crippen LogP contribution >= 0.6 is 0 Å². The highest BCUT2D eigenvalue weighted by molar-refractivity contribution is 5.81. The van der Waals surface area contributed by atoms with Gasteiger partial charge in [0.1, 0.15) is 11.5 Å². The van der Waals surface area contributed by atoms with Crippen molar-refractivity contribution in [2.24, 2.45) is 0 Å². The van der Waals surface area contributed by atoms with Crippen molar-refractivity contribution in [2.75, 3.05) is 0 Å². The summed E-state index contributed by atoms with van der Waals surface area (Å²) in [6.07, 6.45) is 1.81. The van der Waals surface area contributed by atoms with Crippen LogP contribution in [0.25, 0.3) is 45.4 Å². The van der Waals surface area contributed by atoms with E-state index < -0.39 is 5.41 Å². The molecule has 0 amide bonds. The normalized spacial score (nSPS) is 14.3. The van der Waals surface area contributed by atoms with Gasteiger partial charge in [0.2, 0.25) is 0 Å². The molecule has 2 aromatic heterocycles. The van der Waals surface area contributed by atoms with E-state index in [4.69, 9.17) is 19.7 Å². The van der Waals surface area contributed by atoms with Gasteiger partial charge in [0.05, 0.1) is 16.7 Å². The lowest BCUT2D eigenvalue weighted by molar-refractivity contribution is 0.426. The second-order valence-corrected chi connectivity index (χ2v) is 14.2. The van der Waals surface area contributed by atoms with Crippen LogP contribution in [0.2, 0.25) is 0 Å². The molecule has 3 heterocycles. The average Bonchev–Trinajstić information content (AvgIpc) is 3.23. The molecule has 53 heavy (non-hydrogen) atoms. The molecule has 0 atom stereocenters. The van der Waals surface area contributed by atoms with Crippen LogP contribution in [0, 0.1) is 0 Å². The number of para-hydroxylation sites is 2. The van der Waals surface area contributed by atoms with E-state index in [0.29, 0.717) is 17.5 Å². The highest BCUT2D eigenvalue weighted by Gasteiger charge is 2.53. The Morgan fingerprint density at radius 1 is 0.434 bits per heavy atom. The average molecular weight is 683 g/mol. The van der Waals surface area contributed by atoms with Crippen LogP contribution in [0.5, 0.6) is 11.5 Å². The number of nitrogens with zero attached hydrogens (tertiary/aromatic N) is 4. The molecule has 0 N–H and O–H groups in total. The van der Waals surface area contributed by atoms with Gasteiger partial charge in [0.25, 0.3) is 0 Å². The maximum atomic E-state index is 7.03. The summed E-state index contributed by atoms with van der Waals surface area (Å²) in [4.78, 5) is 20.0. The van der Waals surface area contributed by atoms with Gasteiger partial charge in [-0.3, -0.25) is 4.98 Å². The third kappa shape index (κ3) is 4.70. The van der Waals surface area contributed by atoms with Gasteiger partial charge in [-0.2, -0.15) is 0 Å². The standard InChI is InChI=1S/C48H34N4O/c1-47(2)35-21-6-8-23-37(35)48(38-24-9-7-22-36(38)47)39-25-10-11-28-42(39)53-43-34(20-15-26-40(43)48)46-51-44(31-16-4-3-5-17-31)50-45(52-46)33-19-14-18-32(30-33)41-27-12-13-29-49-41/h3-30H,1-2H3. The quantitative estimate of drug-likeness (QED) is 0.185. The Hall–Kier alpha value is -6.72. The fourth-order valence-corrected chi connectivity index (χ4v) is 8.51. The highest BCUT2D eigenvalue weighted by atomic mass is 16.5. The van der Waals surface area contributed by atoms with Gasteiger partial charge in [-0.15, -0.1) is 0 Å². The fraction of sp³-hybridized carbons (Fsp3) is 0.0833. The number of fused-ring (bicyclic) bond motifs is 8. The van der Waals surface area contributed by atoms with Crippen LogP contribution in [0.15, 0.2) is 170 Å². The number of rotatable bonds is 4. The van der Waals surface area contributed by atoms with Gasteiger partial charge in [0, 0.05) is 39.4 Å². The highest BCUT2D eigenvalue weighted by Crippen LogP contribution is 2.62. The van der Waals surface area contributed by atoms with Gasteiger partial charge in [-0.25, -0.2) is 15.0 Å². The Morgan fingerprint density at radius 3 is 1.70 bits per heavy atom. The largest absolute Gasteiger partial charge is 0.456 e. The van der Waals surface area contributed by atoms with E-state index in [1.165, 1.54) is 22.3 Å². The second-order valence-electron chi connectivity index (χ2n) is 14.2. The summed E-state index contributed by atoms with van der Waals surface area (Å²) in [6, 6.07) is 56.9. The van der Waals surface area contributed by atoms with E-state index in [1.54, 1.807) is 0 Å². The van der Waals surface area contributed by atoms with Gasteiger partial charge in [-0.05, 0) is 52.6 Å². The van der Waals surface area contributed by atoms with Gasteiger partial charge in [-0.1, -0.05) is 147 Å². The summed E-state index contributed by atoms with van der Waals surface area (Å²) in [6.45, 7) is 4.67. The zero-order valence-electron chi connectivity index (χ0n) is 29.4. The predicted molar refractivity (Wildman–Crippen MR) is 210 cm³/mol. The molecule has 1 aliphatic carbocycles. The Balaban J connectivity index is 1.25. The maximum absolute atomic E-state index is 7.03. The van der Waals surface area contributed by atoms with E-state index in [1.807, 2.05) is 72.9 Å². The van der Waals surface area contributed by atoms with E-state index in [2.05, 4.69) is 116 Å². The zero-order valence-corrected chi connectivity index (χ0v) is 29.4. The van der Waals surface area contributed by atoms with Crippen LogP contribution < -0.4 is 4.74 Å². The van der Waals surface area contributed by atoms with Crippen molar-refractivity contribution in [3.63, 3.8) is 0 Å². The number of hydrogen-bond donors (Lipinski definition) is 0. The first-order valence-corrected chi connectivity index (χ1v) is 18.0. The Labute approximate surface area is 308 Å². The summed E-state index contributed by atoms with van der Waals surface area (Å²) >= 11 is 0. The van der Waals surface area contributed by atoms with Gasteiger partial charge >= 0.3 is 0 Å². The number of hydrogen-bond acceptors (Lipinski definition) is 5. The minimum absolute atomic E-state index is 0.207. The molecule has 0 radical (unpaired) electrons. The molecule has 0 saturated carbocycles. The lowest BCUT2D eigenvalue weighted by Crippen LogP contribution is -2.43. The number of aromatic nitrogens is 4. The molecular weight excluding hydrogens is 649 g/mol. The summed E-state index contributed by atoms with van der Waals surface area (Å²) in [5.74, 6) is 3.27. The molecule has 5 nitrogen and oxygen atoms in total. The summed E-state index contributed by atoms with van der Waals surface area (Å²) < 4.78 is 7.03. The van der Waals surface area contributed by atoms with E-state index in [-0.39, 0.29) is 5.41 Å². The molecule has 1 aliphatic heterocycles. The van der Waals surface area contributed by atoms with Crippen molar-refractivity contribution >= 4 is 0 Å². The number of benzene rings is 6. The van der Waals surface area contributed by atoms with Crippen LogP contribution in [-0.4, -0.2) is 19.9 Å².